The van der Waals surface area contributed by atoms with E-state index < -0.39 is 11.8 Å². The van der Waals surface area contributed by atoms with Crippen molar-refractivity contribution in [3.8, 4) is 0 Å². The van der Waals surface area contributed by atoms with E-state index in [4.69, 9.17) is 4.74 Å². The molecule has 5 nitrogen and oxygen atoms in total. The number of hydrogen-bond acceptors (Lipinski definition) is 4. The van der Waals surface area contributed by atoms with Gasteiger partial charge in [-0.3, -0.25) is 9.59 Å². The van der Waals surface area contributed by atoms with E-state index in [1.54, 1.807) is 17.4 Å². The molecule has 132 valence electrons. The van der Waals surface area contributed by atoms with E-state index in [9.17, 15) is 9.59 Å². The van der Waals surface area contributed by atoms with Crippen LogP contribution >= 0.6 is 11.3 Å². The second-order valence-electron chi connectivity index (χ2n) is 6.32. The van der Waals surface area contributed by atoms with Gasteiger partial charge in [-0.2, -0.15) is 0 Å². The molecular weight excluding hydrogens is 336 g/mol. The lowest BCUT2D eigenvalue weighted by Crippen LogP contribution is -2.46. The lowest BCUT2D eigenvalue weighted by Gasteiger charge is -2.36. The molecule has 0 bridgehead atoms. The van der Waals surface area contributed by atoms with Crippen molar-refractivity contribution in [2.24, 2.45) is 0 Å². The number of carbonyl (C=O) groups excluding carboxylic acids is 2. The number of aryl methyl sites for hydroxylation is 1. The fourth-order valence-electron chi connectivity index (χ4n) is 3.07. The number of benzene rings is 1. The third-order valence-electron chi connectivity index (χ3n) is 4.68. The summed E-state index contributed by atoms with van der Waals surface area (Å²) in [6.45, 7) is 3.67. The van der Waals surface area contributed by atoms with Gasteiger partial charge < -0.3 is 15.4 Å². The number of carbonyl (C=O) groups is 2. The summed E-state index contributed by atoms with van der Waals surface area (Å²) in [6.07, 6.45) is 1.68. The summed E-state index contributed by atoms with van der Waals surface area (Å²) in [5.74, 6) is -1.24. The van der Waals surface area contributed by atoms with E-state index in [0.717, 1.165) is 18.4 Å². The van der Waals surface area contributed by atoms with Crippen molar-refractivity contribution in [3.05, 3.63) is 52.2 Å². The molecule has 0 unspecified atom stereocenters. The molecule has 6 heteroatoms. The van der Waals surface area contributed by atoms with Gasteiger partial charge in [0.25, 0.3) is 0 Å². The van der Waals surface area contributed by atoms with Crippen molar-refractivity contribution < 1.29 is 14.3 Å². The Labute approximate surface area is 151 Å². The van der Waals surface area contributed by atoms with Crippen LogP contribution in [0, 0.1) is 6.92 Å². The minimum Gasteiger partial charge on any atom is -0.381 e. The van der Waals surface area contributed by atoms with Crippen LogP contribution in [0.15, 0.2) is 41.8 Å². The molecule has 0 aliphatic carbocycles. The maximum absolute atomic E-state index is 12.3. The second kappa shape index (κ2) is 7.80. The van der Waals surface area contributed by atoms with Crippen molar-refractivity contribution in [2.45, 2.75) is 25.2 Å². The first kappa shape index (κ1) is 17.6. The zero-order valence-corrected chi connectivity index (χ0v) is 15.0. The number of anilines is 1. The van der Waals surface area contributed by atoms with E-state index >= 15 is 0 Å². The van der Waals surface area contributed by atoms with Crippen LogP contribution in [0.3, 0.4) is 0 Å². The summed E-state index contributed by atoms with van der Waals surface area (Å²) in [5, 5.41) is 7.53. The molecule has 25 heavy (non-hydrogen) atoms. The van der Waals surface area contributed by atoms with E-state index in [0.29, 0.717) is 25.4 Å². The predicted octanol–water partition coefficient (Wildman–Crippen LogP) is 2.86. The van der Waals surface area contributed by atoms with Gasteiger partial charge in [0.1, 0.15) is 0 Å². The Bertz CT molecular complexity index is 737. The van der Waals surface area contributed by atoms with Gasteiger partial charge in [-0.05, 0) is 42.8 Å². The largest absolute Gasteiger partial charge is 0.381 e. The minimum absolute atomic E-state index is 0.148. The van der Waals surface area contributed by atoms with Crippen molar-refractivity contribution in [3.63, 3.8) is 0 Å². The molecule has 3 rings (SSSR count). The average Bonchev–Trinajstić information content (AvgIpc) is 3.18. The van der Waals surface area contributed by atoms with Gasteiger partial charge in [0.15, 0.2) is 0 Å². The molecule has 0 radical (unpaired) electrons. The SMILES string of the molecule is Cc1ccccc1NC(=O)C(=O)NCC1(c2cccs2)CCOCC1. The van der Waals surface area contributed by atoms with Crippen LogP contribution in [0.5, 0.6) is 0 Å². The molecule has 1 aliphatic heterocycles. The molecule has 1 fully saturated rings. The number of nitrogens with one attached hydrogen (secondary N) is 2. The molecule has 2 heterocycles. The van der Waals surface area contributed by atoms with Crippen LogP contribution in [0.25, 0.3) is 0 Å². The lowest BCUT2D eigenvalue weighted by molar-refractivity contribution is -0.136. The number of amides is 2. The highest BCUT2D eigenvalue weighted by Crippen LogP contribution is 2.36. The van der Waals surface area contributed by atoms with Crippen LogP contribution in [0.4, 0.5) is 5.69 Å². The first-order chi connectivity index (χ1) is 12.1. The standard InChI is InChI=1S/C19H22N2O3S/c1-14-5-2-3-6-15(14)21-18(23)17(22)20-13-19(8-10-24-11-9-19)16-7-4-12-25-16/h2-7,12H,8-11,13H2,1H3,(H,20,22)(H,21,23). The van der Waals surface area contributed by atoms with Crippen LogP contribution in [0.2, 0.25) is 0 Å². The second-order valence-corrected chi connectivity index (χ2v) is 7.27. The molecule has 1 aliphatic rings. The van der Waals surface area contributed by atoms with E-state index in [-0.39, 0.29) is 5.41 Å². The van der Waals surface area contributed by atoms with Gasteiger partial charge in [-0.25, -0.2) is 0 Å². The highest BCUT2D eigenvalue weighted by Gasteiger charge is 2.36. The molecule has 1 aromatic carbocycles. The normalized spacial score (nSPS) is 16.2. The van der Waals surface area contributed by atoms with Gasteiger partial charge >= 0.3 is 11.8 Å². The highest BCUT2D eigenvalue weighted by molar-refractivity contribution is 7.10. The third-order valence-corrected chi connectivity index (χ3v) is 5.80. The number of ether oxygens (including phenoxy) is 1. The molecule has 2 amide bonds. The zero-order valence-electron chi connectivity index (χ0n) is 14.2. The Morgan fingerprint density at radius 2 is 1.88 bits per heavy atom. The van der Waals surface area contributed by atoms with Crippen LogP contribution in [0.1, 0.15) is 23.3 Å². The van der Waals surface area contributed by atoms with Crippen molar-refractivity contribution in [1.82, 2.24) is 5.32 Å². The topological polar surface area (TPSA) is 67.4 Å². The summed E-state index contributed by atoms with van der Waals surface area (Å²) < 4.78 is 5.48. The fraction of sp³-hybridized carbons (Fsp3) is 0.368. The monoisotopic (exact) mass is 358 g/mol. The Balaban J connectivity index is 1.64. The van der Waals surface area contributed by atoms with E-state index in [1.807, 2.05) is 36.6 Å². The van der Waals surface area contributed by atoms with Crippen LogP contribution < -0.4 is 10.6 Å². The third kappa shape index (κ3) is 4.08. The molecule has 1 aromatic heterocycles. The van der Waals surface area contributed by atoms with Crippen LogP contribution in [-0.2, 0) is 19.7 Å². The van der Waals surface area contributed by atoms with Gasteiger partial charge in [0.2, 0.25) is 0 Å². The minimum atomic E-state index is -0.636. The molecule has 2 N–H and O–H groups in total. The number of thiophene rings is 1. The summed E-state index contributed by atoms with van der Waals surface area (Å²) >= 11 is 1.69. The van der Waals surface area contributed by atoms with Gasteiger partial charge in [-0.15, -0.1) is 11.3 Å². The molecular formula is C19H22N2O3S. The van der Waals surface area contributed by atoms with Crippen molar-refractivity contribution in [1.29, 1.82) is 0 Å². The van der Waals surface area contributed by atoms with Gasteiger partial charge in [0.05, 0.1) is 0 Å². The summed E-state index contributed by atoms with van der Waals surface area (Å²) in [6, 6.07) is 11.5. The summed E-state index contributed by atoms with van der Waals surface area (Å²) in [5.41, 5.74) is 1.43. The highest BCUT2D eigenvalue weighted by atomic mass is 32.1. The van der Waals surface area contributed by atoms with Gasteiger partial charge in [0, 0.05) is 35.7 Å². The average molecular weight is 358 g/mol. The Kier molecular flexibility index (Phi) is 5.50. The van der Waals surface area contributed by atoms with E-state index in [1.165, 1.54) is 4.88 Å². The molecule has 0 saturated carbocycles. The maximum Gasteiger partial charge on any atom is 0.313 e. The number of hydrogen-bond donors (Lipinski definition) is 2. The molecule has 2 aromatic rings. The number of rotatable bonds is 4. The Hall–Kier alpha value is -2.18. The molecule has 0 spiro atoms. The fourth-order valence-corrected chi connectivity index (χ4v) is 4.06. The first-order valence-electron chi connectivity index (χ1n) is 8.37. The number of para-hydroxylation sites is 1. The smallest absolute Gasteiger partial charge is 0.313 e. The summed E-state index contributed by atoms with van der Waals surface area (Å²) in [4.78, 5) is 25.7. The Morgan fingerprint density at radius 3 is 2.56 bits per heavy atom. The molecule has 1 saturated heterocycles. The first-order valence-corrected chi connectivity index (χ1v) is 9.25. The van der Waals surface area contributed by atoms with Crippen LogP contribution in [-0.4, -0.2) is 31.6 Å². The maximum atomic E-state index is 12.3. The predicted molar refractivity (Wildman–Crippen MR) is 98.9 cm³/mol. The Morgan fingerprint density at radius 1 is 1.12 bits per heavy atom. The lowest BCUT2D eigenvalue weighted by atomic mass is 9.78. The summed E-state index contributed by atoms with van der Waals surface area (Å²) in [7, 11) is 0. The zero-order chi connectivity index (χ0) is 17.7. The van der Waals surface area contributed by atoms with Crippen molar-refractivity contribution in [2.75, 3.05) is 25.1 Å². The quantitative estimate of drug-likeness (QED) is 0.826. The van der Waals surface area contributed by atoms with Crippen molar-refractivity contribution >= 4 is 28.8 Å². The van der Waals surface area contributed by atoms with E-state index in [2.05, 4.69) is 16.7 Å². The molecule has 0 atom stereocenters. The van der Waals surface area contributed by atoms with Gasteiger partial charge in [-0.1, -0.05) is 24.3 Å².